The fourth-order valence-corrected chi connectivity index (χ4v) is 3.41. The Hall–Kier alpha value is -1.88. The minimum atomic E-state index is -0.537. The third kappa shape index (κ3) is 3.11. The summed E-state index contributed by atoms with van der Waals surface area (Å²) in [5.41, 5.74) is 8.00. The largest absolute Gasteiger partial charge is 0.340 e. The Morgan fingerprint density at radius 3 is 2.43 bits per heavy atom. The van der Waals surface area contributed by atoms with Crippen molar-refractivity contribution in [2.24, 2.45) is 11.7 Å². The van der Waals surface area contributed by atoms with Crippen molar-refractivity contribution >= 4 is 17.5 Å². The molecule has 1 aromatic rings. The minimum absolute atomic E-state index is 0.0511. The van der Waals surface area contributed by atoms with Gasteiger partial charge in [-0.2, -0.15) is 0 Å². The van der Waals surface area contributed by atoms with Gasteiger partial charge in [-0.05, 0) is 36.5 Å². The van der Waals surface area contributed by atoms with Crippen LogP contribution >= 0.6 is 0 Å². The quantitative estimate of drug-likeness (QED) is 0.864. The van der Waals surface area contributed by atoms with Gasteiger partial charge in [0.1, 0.15) is 5.92 Å². The summed E-state index contributed by atoms with van der Waals surface area (Å²) in [6.07, 6.45) is 1.42. The molecule has 3 rings (SSSR count). The fourth-order valence-electron chi connectivity index (χ4n) is 3.41. The third-order valence-electron chi connectivity index (χ3n) is 4.91. The summed E-state index contributed by atoms with van der Waals surface area (Å²) in [6, 6.07) is 8.12. The first-order chi connectivity index (χ1) is 11.0. The van der Waals surface area contributed by atoms with Crippen LogP contribution in [0.25, 0.3) is 0 Å². The number of nitrogens with two attached hydrogens (primary N) is 1. The van der Waals surface area contributed by atoms with Crippen LogP contribution in [-0.2, 0) is 9.59 Å². The van der Waals surface area contributed by atoms with E-state index in [0.717, 1.165) is 12.1 Å². The van der Waals surface area contributed by atoms with Crippen LogP contribution in [0.5, 0.6) is 0 Å². The predicted molar refractivity (Wildman–Crippen MR) is 90.2 cm³/mol. The van der Waals surface area contributed by atoms with Crippen LogP contribution in [0.3, 0.4) is 0 Å². The van der Waals surface area contributed by atoms with E-state index in [1.165, 1.54) is 5.56 Å². The highest BCUT2D eigenvalue weighted by molar-refractivity contribution is 6.09. The lowest BCUT2D eigenvalue weighted by atomic mass is 10.0. The van der Waals surface area contributed by atoms with Gasteiger partial charge in [0.15, 0.2) is 0 Å². The van der Waals surface area contributed by atoms with E-state index >= 15 is 0 Å². The smallest absolute Gasteiger partial charge is 0.239 e. The number of hydrogen-bond acceptors (Lipinski definition) is 3. The highest BCUT2D eigenvalue weighted by Gasteiger charge is 2.40. The lowest BCUT2D eigenvalue weighted by molar-refractivity contribution is -0.139. The number of likely N-dealkylation sites (tertiary alicyclic amines) is 1. The van der Waals surface area contributed by atoms with E-state index in [4.69, 9.17) is 5.73 Å². The molecule has 0 saturated carbocycles. The highest BCUT2D eigenvalue weighted by Crippen LogP contribution is 2.28. The van der Waals surface area contributed by atoms with Crippen molar-refractivity contribution in [1.82, 2.24) is 4.90 Å². The number of hydrogen-bond donors (Lipinski definition) is 1. The van der Waals surface area contributed by atoms with Crippen LogP contribution < -0.4 is 10.6 Å². The van der Waals surface area contributed by atoms with Gasteiger partial charge < -0.3 is 15.5 Å². The fraction of sp³-hybridized carbons (Fsp3) is 0.556. The monoisotopic (exact) mass is 315 g/mol. The summed E-state index contributed by atoms with van der Waals surface area (Å²) >= 11 is 0. The summed E-state index contributed by atoms with van der Waals surface area (Å²) < 4.78 is 0. The van der Waals surface area contributed by atoms with Crippen molar-refractivity contribution < 1.29 is 9.59 Å². The third-order valence-corrected chi connectivity index (χ3v) is 4.91. The maximum Gasteiger partial charge on any atom is 0.239 e. The molecule has 0 spiro atoms. The maximum absolute atomic E-state index is 12.7. The van der Waals surface area contributed by atoms with E-state index in [9.17, 15) is 9.59 Å². The van der Waals surface area contributed by atoms with Crippen LogP contribution in [0.1, 0.15) is 38.2 Å². The van der Waals surface area contributed by atoms with Crippen molar-refractivity contribution in [3.05, 3.63) is 29.8 Å². The number of amides is 2. The van der Waals surface area contributed by atoms with Crippen LogP contribution in [0, 0.1) is 5.92 Å². The molecular formula is C18H25N3O2. The Morgan fingerprint density at radius 2 is 1.87 bits per heavy atom. The number of rotatable bonds is 3. The molecule has 2 aliphatic heterocycles. The van der Waals surface area contributed by atoms with Crippen molar-refractivity contribution in [2.45, 2.75) is 38.6 Å². The Balaban J connectivity index is 1.70. The van der Waals surface area contributed by atoms with Gasteiger partial charge in [0.2, 0.25) is 11.8 Å². The Labute approximate surface area is 137 Å². The minimum Gasteiger partial charge on any atom is -0.340 e. The van der Waals surface area contributed by atoms with E-state index in [-0.39, 0.29) is 17.9 Å². The first kappa shape index (κ1) is 16.0. The first-order valence-corrected chi connectivity index (χ1v) is 8.43. The molecule has 2 saturated heterocycles. The molecule has 0 radical (unpaired) electrons. The molecule has 5 nitrogen and oxygen atoms in total. The van der Waals surface area contributed by atoms with E-state index in [1.807, 2.05) is 12.1 Å². The van der Waals surface area contributed by atoms with Crippen LogP contribution in [-0.4, -0.2) is 42.4 Å². The number of carbonyl (C=O) groups excluding carboxylic acids is 2. The summed E-state index contributed by atoms with van der Waals surface area (Å²) in [5.74, 6) is -0.200. The molecule has 124 valence electrons. The van der Waals surface area contributed by atoms with Crippen molar-refractivity contribution in [3.8, 4) is 0 Å². The molecule has 2 aliphatic rings. The molecule has 2 N–H and O–H groups in total. The van der Waals surface area contributed by atoms with Crippen LogP contribution in [0.4, 0.5) is 5.69 Å². The van der Waals surface area contributed by atoms with Gasteiger partial charge in [-0.1, -0.05) is 26.0 Å². The summed E-state index contributed by atoms with van der Waals surface area (Å²) in [4.78, 5) is 28.7. The van der Waals surface area contributed by atoms with Crippen LogP contribution in [0.15, 0.2) is 24.3 Å². The van der Waals surface area contributed by atoms with Gasteiger partial charge in [-0.15, -0.1) is 0 Å². The Kier molecular flexibility index (Phi) is 4.39. The standard InChI is InChI=1S/C18H25N3O2/c1-12(2)13-3-5-15(6-4-13)21-10-8-16(18(21)23)17(22)20-9-7-14(19)11-20/h3-6,12,14,16H,7-11,19H2,1-2H3/t14-,16?/m1/s1. The van der Waals surface area contributed by atoms with E-state index in [1.54, 1.807) is 9.80 Å². The summed E-state index contributed by atoms with van der Waals surface area (Å²) in [5, 5.41) is 0. The number of nitrogens with zero attached hydrogens (tertiary/aromatic N) is 2. The van der Waals surface area contributed by atoms with E-state index in [2.05, 4.69) is 26.0 Å². The van der Waals surface area contributed by atoms with Crippen molar-refractivity contribution in [3.63, 3.8) is 0 Å². The molecule has 0 aromatic heterocycles. The normalized spacial score (nSPS) is 24.8. The molecule has 2 heterocycles. The predicted octanol–water partition coefficient (Wildman–Crippen LogP) is 1.72. The highest BCUT2D eigenvalue weighted by atomic mass is 16.2. The molecule has 1 aromatic carbocycles. The molecule has 5 heteroatoms. The Bertz CT molecular complexity index is 597. The number of carbonyl (C=O) groups is 2. The lowest BCUT2D eigenvalue weighted by Gasteiger charge is -2.21. The molecule has 1 unspecified atom stereocenters. The zero-order chi connectivity index (χ0) is 16.6. The van der Waals surface area contributed by atoms with E-state index in [0.29, 0.717) is 32.0 Å². The molecule has 2 amide bonds. The van der Waals surface area contributed by atoms with Gasteiger partial charge in [0.05, 0.1) is 0 Å². The lowest BCUT2D eigenvalue weighted by Crippen LogP contribution is -2.40. The zero-order valence-corrected chi connectivity index (χ0v) is 13.9. The second kappa shape index (κ2) is 6.32. The topological polar surface area (TPSA) is 66.6 Å². The second-order valence-corrected chi connectivity index (χ2v) is 6.91. The molecule has 0 bridgehead atoms. The summed E-state index contributed by atoms with van der Waals surface area (Å²) in [6.45, 7) is 6.14. The molecule has 2 fully saturated rings. The molecule has 23 heavy (non-hydrogen) atoms. The van der Waals surface area contributed by atoms with Gasteiger partial charge in [-0.3, -0.25) is 9.59 Å². The average molecular weight is 315 g/mol. The Morgan fingerprint density at radius 1 is 1.17 bits per heavy atom. The van der Waals surface area contributed by atoms with Crippen LogP contribution in [0.2, 0.25) is 0 Å². The van der Waals surface area contributed by atoms with Gasteiger partial charge in [-0.25, -0.2) is 0 Å². The number of anilines is 1. The average Bonchev–Trinajstić information content (AvgIpc) is 3.13. The van der Waals surface area contributed by atoms with Gasteiger partial charge in [0.25, 0.3) is 0 Å². The van der Waals surface area contributed by atoms with Gasteiger partial charge in [0, 0.05) is 31.4 Å². The zero-order valence-electron chi connectivity index (χ0n) is 13.9. The number of benzene rings is 1. The first-order valence-electron chi connectivity index (χ1n) is 8.43. The maximum atomic E-state index is 12.7. The summed E-state index contributed by atoms with van der Waals surface area (Å²) in [7, 11) is 0. The van der Waals surface area contributed by atoms with Crippen molar-refractivity contribution in [2.75, 3.05) is 24.5 Å². The molecular weight excluding hydrogens is 290 g/mol. The molecule has 0 aliphatic carbocycles. The van der Waals surface area contributed by atoms with Crippen molar-refractivity contribution in [1.29, 1.82) is 0 Å². The molecule has 2 atom stereocenters. The van der Waals surface area contributed by atoms with Gasteiger partial charge >= 0.3 is 0 Å². The second-order valence-electron chi connectivity index (χ2n) is 6.91. The van der Waals surface area contributed by atoms with E-state index < -0.39 is 5.92 Å². The SMILES string of the molecule is CC(C)c1ccc(N2CCC(C(=O)N3CC[C@@H](N)C3)C2=O)cc1.